The fourth-order valence-electron chi connectivity index (χ4n) is 3.51. The number of benzene rings is 1. The third kappa shape index (κ3) is 6.34. The van der Waals surface area contributed by atoms with Crippen molar-refractivity contribution in [3.63, 3.8) is 0 Å². The van der Waals surface area contributed by atoms with Crippen molar-refractivity contribution in [3.8, 4) is 0 Å². The molecule has 1 aromatic carbocycles. The summed E-state index contributed by atoms with van der Waals surface area (Å²) in [5.74, 6) is 0.444. The molecule has 0 saturated heterocycles. The Morgan fingerprint density at radius 1 is 1.07 bits per heavy atom. The zero-order chi connectivity index (χ0) is 20.1. The molecule has 0 bridgehead atoms. The highest BCUT2D eigenvalue weighted by molar-refractivity contribution is 7.92. The standard InChI is InChI=1S/C22H35NO3S/c1-5-6-7-17-8-12-19(13-9-17)21(24)23-20-14-10-18(11-15-20)16-27(25,26)22(2,3)4/h8-9,12-13,18,20H,5-7,10-11,14-16H2,1-4H3,(H,23,24). The van der Waals surface area contributed by atoms with Crippen LogP contribution < -0.4 is 5.32 Å². The fraction of sp³-hybridized carbons (Fsp3) is 0.682. The number of amides is 1. The molecule has 0 atom stereocenters. The lowest BCUT2D eigenvalue weighted by atomic mass is 9.87. The monoisotopic (exact) mass is 393 g/mol. The van der Waals surface area contributed by atoms with Gasteiger partial charge in [0.2, 0.25) is 0 Å². The minimum Gasteiger partial charge on any atom is -0.349 e. The molecule has 1 fully saturated rings. The maximum Gasteiger partial charge on any atom is 0.251 e. The maximum absolute atomic E-state index is 12.5. The van der Waals surface area contributed by atoms with E-state index in [2.05, 4.69) is 12.2 Å². The van der Waals surface area contributed by atoms with Crippen molar-refractivity contribution < 1.29 is 13.2 Å². The van der Waals surface area contributed by atoms with Crippen molar-refractivity contribution in [2.75, 3.05) is 5.75 Å². The Kier molecular flexibility index (Phi) is 7.49. The Bertz CT molecular complexity index is 709. The van der Waals surface area contributed by atoms with Gasteiger partial charge in [-0.3, -0.25) is 4.79 Å². The average Bonchev–Trinajstić information content (AvgIpc) is 2.61. The summed E-state index contributed by atoms with van der Waals surface area (Å²) in [6.07, 6.45) is 6.81. The van der Waals surface area contributed by atoms with Crippen molar-refractivity contribution in [3.05, 3.63) is 35.4 Å². The van der Waals surface area contributed by atoms with Gasteiger partial charge in [-0.1, -0.05) is 25.5 Å². The predicted octanol–water partition coefficient (Wildman–Crippen LogP) is 4.53. The molecule has 4 nitrogen and oxygen atoms in total. The van der Waals surface area contributed by atoms with E-state index in [0.717, 1.165) is 32.1 Å². The van der Waals surface area contributed by atoms with E-state index in [1.165, 1.54) is 18.4 Å². The Morgan fingerprint density at radius 2 is 1.67 bits per heavy atom. The lowest BCUT2D eigenvalue weighted by Gasteiger charge is -2.31. The van der Waals surface area contributed by atoms with E-state index in [9.17, 15) is 13.2 Å². The van der Waals surface area contributed by atoms with Crippen molar-refractivity contribution in [2.24, 2.45) is 5.92 Å². The second-order valence-electron chi connectivity index (χ2n) is 8.89. The summed E-state index contributed by atoms with van der Waals surface area (Å²) >= 11 is 0. The van der Waals surface area contributed by atoms with Crippen LogP contribution in [0, 0.1) is 5.92 Å². The molecule has 152 valence electrons. The van der Waals surface area contributed by atoms with Gasteiger partial charge in [0.1, 0.15) is 0 Å². The van der Waals surface area contributed by atoms with Crippen LogP contribution in [0.4, 0.5) is 0 Å². The molecule has 1 amide bonds. The normalized spacial score (nSPS) is 21.0. The van der Waals surface area contributed by atoms with E-state index in [-0.39, 0.29) is 23.6 Å². The van der Waals surface area contributed by atoms with E-state index >= 15 is 0 Å². The van der Waals surface area contributed by atoms with Crippen molar-refractivity contribution in [2.45, 2.75) is 83.4 Å². The second kappa shape index (κ2) is 9.22. The van der Waals surface area contributed by atoms with Crippen LogP contribution in [0.25, 0.3) is 0 Å². The first-order chi connectivity index (χ1) is 12.6. The summed E-state index contributed by atoms with van der Waals surface area (Å²) < 4.78 is 24.1. The van der Waals surface area contributed by atoms with Crippen LogP contribution >= 0.6 is 0 Å². The van der Waals surface area contributed by atoms with Crippen LogP contribution in [-0.4, -0.2) is 30.9 Å². The first-order valence-corrected chi connectivity index (χ1v) is 11.9. The van der Waals surface area contributed by atoms with Gasteiger partial charge in [0, 0.05) is 11.6 Å². The molecule has 27 heavy (non-hydrogen) atoms. The van der Waals surface area contributed by atoms with Gasteiger partial charge in [-0.25, -0.2) is 8.42 Å². The van der Waals surface area contributed by atoms with Gasteiger partial charge >= 0.3 is 0 Å². The number of aryl methyl sites for hydroxylation is 1. The van der Waals surface area contributed by atoms with Gasteiger partial charge in [0.15, 0.2) is 9.84 Å². The summed E-state index contributed by atoms with van der Waals surface area (Å²) in [4.78, 5) is 12.5. The van der Waals surface area contributed by atoms with Gasteiger partial charge in [0.05, 0.1) is 10.5 Å². The SMILES string of the molecule is CCCCc1ccc(C(=O)NC2CCC(CS(=O)(=O)C(C)(C)C)CC2)cc1. The maximum atomic E-state index is 12.5. The molecule has 5 heteroatoms. The van der Waals surface area contributed by atoms with E-state index in [0.29, 0.717) is 5.56 Å². The van der Waals surface area contributed by atoms with Crippen LogP contribution in [0.2, 0.25) is 0 Å². The van der Waals surface area contributed by atoms with E-state index in [1.54, 1.807) is 20.8 Å². The van der Waals surface area contributed by atoms with E-state index in [4.69, 9.17) is 0 Å². The molecule has 1 aliphatic rings. The predicted molar refractivity (Wildman–Crippen MR) is 112 cm³/mol. The third-order valence-electron chi connectivity index (χ3n) is 5.61. The number of sulfone groups is 1. The smallest absolute Gasteiger partial charge is 0.251 e. The quantitative estimate of drug-likeness (QED) is 0.740. The van der Waals surface area contributed by atoms with Crippen molar-refractivity contribution in [1.29, 1.82) is 0 Å². The molecule has 1 aliphatic carbocycles. The number of rotatable bonds is 7. The zero-order valence-corrected chi connectivity index (χ0v) is 18.1. The number of nitrogens with one attached hydrogen (secondary N) is 1. The molecule has 1 saturated carbocycles. The molecule has 1 N–H and O–H groups in total. The molecule has 0 aliphatic heterocycles. The Labute approximate surface area is 165 Å². The number of unbranched alkanes of at least 4 members (excludes halogenated alkanes) is 1. The average molecular weight is 394 g/mol. The van der Waals surface area contributed by atoms with Crippen LogP contribution in [-0.2, 0) is 16.3 Å². The molecule has 2 rings (SSSR count). The highest BCUT2D eigenvalue weighted by Crippen LogP contribution is 2.29. The molecular formula is C22H35NO3S. The molecule has 0 unspecified atom stereocenters. The Hall–Kier alpha value is -1.36. The third-order valence-corrected chi connectivity index (χ3v) is 8.38. The summed E-state index contributed by atoms with van der Waals surface area (Å²) in [5, 5.41) is 3.12. The summed E-state index contributed by atoms with van der Waals surface area (Å²) in [6.45, 7) is 7.47. The van der Waals surface area contributed by atoms with Gasteiger partial charge in [0.25, 0.3) is 5.91 Å². The van der Waals surface area contributed by atoms with Crippen LogP contribution in [0.5, 0.6) is 0 Å². The van der Waals surface area contributed by atoms with Gasteiger partial charge in [-0.05, 0) is 82.9 Å². The van der Waals surface area contributed by atoms with Crippen molar-refractivity contribution >= 4 is 15.7 Å². The first kappa shape index (κ1) is 21.9. The largest absolute Gasteiger partial charge is 0.349 e. The Balaban J connectivity index is 1.82. The minimum atomic E-state index is -3.08. The molecular weight excluding hydrogens is 358 g/mol. The van der Waals surface area contributed by atoms with Crippen LogP contribution in [0.3, 0.4) is 0 Å². The molecule has 0 spiro atoms. The van der Waals surface area contributed by atoms with Gasteiger partial charge < -0.3 is 5.32 Å². The van der Waals surface area contributed by atoms with E-state index < -0.39 is 14.6 Å². The molecule has 0 heterocycles. The molecule has 1 aromatic rings. The minimum absolute atomic E-state index is 0.0252. The van der Waals surface area contributed by atoms with Crippen molar-refractivity contribution in [1.82, 2.24) is 5.32 Å². The fourth-order valence-corrected chi connectivity index (χ4v) is 4.96. The lowest BCUT2D eigenvalue weighted by Crippen LogP contribution is -2.40. The molecule has 0 radical (unpaired) electrons. The summed E-state index contributed by atoms with van der Waals surface area (Å²) in [5.41, 5.74) is 1.97. The topological polar surface area (TPSA) is 63.2 Å². The molecule has 0 aromatic heterocycles. The number of carbonyl (C=O) groups is 1. The Morgan fingerprint density at radius 3 is 2.19 bits per heavy atom. The number of carbonyl (C=O) groups excluding carboxylic acids is 1. The van der Waals surface area contributed by atoms with Crippen LogP contribution in [0.15, 0.2) is 24.3 Å². The van der Waals surface area contributed by atoms with Crippen LogP contribution in [0.1, 0.15) is 82.1 Å². The van der Waals surface area contributed by atoms with Gasteiger partial charge in [-0.2, -0.15) is 0 Å². The zero-order valence-electron chi connectivity index (χ0n) is 17.3. The first-order valence-electron chi connectivity index (χ1n) is 10.2. The highest BCUT2D eigenvalue weighted by Gasteiger charge is 2.33. The second-order valence-corrected chi connectivity index (χ2v) is 11.7. The lowest BCUT2D eigenvalue weighted by molar-refractivity contribution is 0.0923. The summed E-state index contributed by atoms with van der Waals surface area (Å²) in [6, 6.07) is 8.03. The summed E-state index contributed by atoms with van der Waals surface area (Å²) in [7, 11) is -3.08. The number of hydrogen-bond acceptors (Lipinski definition) is 3. The van der Waals surface area contributed by atoms with Gasteiger partial charge in [-0.15, -0.1) is 0 Å². The van der Waals surface area contributed by atoms with E-state index in [1.807, 2.05) is 24.3 Å². The highest BCUT2D eigenvalue weighted by atomic mass is 32.2. The number of hydrogen-bond donors (Lipinski definition) is 1.